The fourth-order valence-electron chi connectivity index (χ4n) is 2.59. The van der Waals surface area contributed by atoms with Gasteiger partial charge in [0.2, 0.25) is 0 Å². The molecule has 0 saturated heterocycles. The lowest BCUT2D eigenvalue weighted by molar-refractivity contribution is -0.147. The fraction of sp³-hybridized carbons (Fsp3) is 0.812. The summed E-state index contributed by atoms with van der Waals surface area (Å²) in [6.07, 6.45) is 17.3. The Morgan fingerprint density at radius 2 is 1.42 bits per heavy atom. The highest BCUT2D eigenvalue weighted by Crippen LogP contribution is 2.16. The highest BCUT2D eigenvalue weighted by Gasteiger charge is 2.10. The van der Waals surface area contributed by atoms with Crippen molar-refractivity contribution < 1.29 is 9.63 Å². The topological polar surface area (TPSA) is 38.3 Å². The first-order valence-electron chi connectivity index (χ1n) is 7.92. The summed E-state index contributed by atoms with van der Waals surface area (Å²) in [5.74, 6) is -0.298. The molecule has 1 aliphatic carbocycles. The molecule has 110 valence electrons. The summed E-state index contributed by atoms with van der Waals surface area (Å²) in [5.41, 5.74) is 2.96. The molecular weight excluding hydrogens is 238 g/mol. The van der Waals surface area contributed by atoms with E-state index in [1.165, 1.54) is 63.9 Å². The van der Waals surface area contributed by atoms with Crippen molar-refractivity contribution in [3.63, 3.8) is 0 Å². The first-order valence-corrected chi connectivity index (χ1v) is 7.92. The van der Waals surface area contributed by atoms with Gasteiger partial charge in [-0.25, -0.2) is 4.79 Å². The Kier molecular flexibility index (Phi) is 9.42. The van der Waals surface area contributed by atoms with Crippen molar-refractivity contribution in [1.29, 1.82) is 0 Å². The Bertz CT molecular complexity index is 251. The van der Waals surface area contributed by atoms with Crippen LogP contribution >= 0.6 is 0 Å². The van der Waals surface area contributed by atoms with Crippen LogP contribution < -0.4 is 5.48 Å². The zero-order chi connectivity index (χ0) is 13.8. The summed E-state index contributed by atoms with van der Waals surface area (Å²) in [4.78, 5) is 16.4. The van der Waals surface area contributed by atoms with Gasteiger partial charge in [-0.15, -0.1) is 5.48 Å². The van der Waals surface area contributed by atoms with Gasteiger partial charge in [0.15, 0.2) is 0 Å². The Hall–Kier alpha value is -0.830. The first kappa shape index (κ1) is 16.2. The third-order valence-electron chi connectivity index (χ3n) is 3.73. The lowest BCUT2D eigenvalue weighted by atomic mass is 9.98. The quantitative estimate of drug-likeness (QED) is 0.612. The van der Waals surface area contributed by atoms with Gasteiger partial charge in [-0.1, -0.05) is 63.9 Å². The number of nitrogens with one attached hydrogen (secondary N) is 1. The van der Waals surface area contributed by atoms with Crippen molar-refractivity contribution in [2.75, 3.05) is 0 Å². The third-order valence-corrected chi connectivity index (χ3v) is 3.73. The Morgan fingerprint density at radius 3 is 1.89 bits per heavy atom. The van der Waals surface area contributed by atoms with Gasteiger partial charge in [0.1, 0.15) is 0 Å². The van der Waals surface area contributed by atoms with Crippen LogP contribution in [0.5, 0.6) is 0 Å². The molecule has 0 spiro atoms. The van der Waals surface area contributed by atoms with E-state index in [-0.39, 0.29) is 5.97 Å². The maximum absolute atomic E-state index is 11.3. The van der Waals surface area contributed by atoms with Gasteiger partial charge in [0, 0.05) is 12.1 Å². The Balaban J connectivity index is 2.28. The number of allylic oxidation sites excluding steroid dienone is 1. The number of carbonyl (C=O) groups excluding carboxylic acids is 1. The Labute approximate surface area is 117 Å². The van der Waals surface area contributed by atoms with Crippen molar-refractivity contribution in [2.45, 2.75) is 83.6 Å². The summed E-state index contributed by atoms with van der Waals surface area (Å²) in [5, 5.41) is 0. The Morgan fingerprint density at radius 1 is 0.947 bits per heavy atom. The van der Waals surface area contributed by atoms with Crippen molar-refractivity contribution in [3.05, 3.63) is 12.2 Å². The van der Waals surface area contributed by atoms with Crippen LogP contribution in [0, 0.1) is 0 Å². The maximum atomic E-state index is 11.3. The monoisotopic (exact) mass is 267 g/mol. The van der Waals surface area contributed by atoms with Crippen LogP contribution in [-0.2, 0) is 9.63 Å². The van der Waals surface area contributed by atoms with E-state index in [0.717, 1.165) is 12.8 Å². The minimum atomic E-state index is -0.298. The maximum Gasteiger partial charge on any atom is 0.349 e. The highest BCUT2D eigenvalue weighted by atomic mass is 16.7. The molecule has 1 aliphatic rings. The second-order valence-electron chi connectivity index (χ2n) is 5.50. The number of hydroxylamine groups is 1. The van der Waals surface area contributed by atoms with Crippen LogP contribution in [0.3, 0.4) is 0 Å². The summed E-state index contributed by atoms with van der Waals surface area (Å²) in [7, 11) is 0. The van der Waals surface area contributed by atoms with E-state index >= 15 is 0 Å². The molecule has 1 N–H and O–H groups in total. The average molecular weight is 267 g/mol. The number of carbonyl (C=O) groups is 1. The summed E-state index contributed by atoms with van der Waals surface area (Å²) >= 11 is 0. The molecule has 0 heterocycles. The standard InChI is InChI=1S/C16H29NO2/c1-2-12-16(18)19-17-15-13-10-8-6-4-3-5-7-9-11-14-15/h2,12,15,17H,3-11,13-14H2,1H3. The van der Waals surface area contributed by atoms with Gasteiger partial charge in [-0.2, -0.15) is 0 Å². The molecule has 0 atom stereocenters. The van der Waals surface area contributed by atoms with E-state index in [1.54, 1.807) is 6.08 Å². The van der Waals surface area contributed by atoms with Gasteiger partial charge in [-0.05, 0) is 19.8 Å². The summed E-state index contributed by atoms with van der Waals surface area (Å²) in [6, 6.07) is 0.327. The van der Waals surface area contributed by atoms with Crippen LogP contribution in [0.15, 0.2) is 12.2 Å². The van der Waals surface area contributed by atoms with Crippen LogP contribution in [0.1, 0.15) is 77.6 Å². The average Bonchev–Trinajstić information content (AvgIpc) is 2.38. The lowest BCUT2D eigenvalue weighted by Gasteiger charge is -2.18. The number of hydrogen-bond acceptors (Lipinski definition) is 3. The molecule has 0 unspecified atom stereocenters. The molecule has 3 nitrogen and oxygen atoms in total. The molecule has 0 aromatic heterocycles. The predicted molar refractivity (Wildman–Crippen MR) is 78.6 cm³/mol. The van der Waals surface area contributed by atoms with E-state index < -0.39 is 0 Å². The zero-order valence-electron chi connectivity index (χ0n) is 12.3. The molecule has 0 aromatic carbocycles. The number of rotatable bonds is 3. The van der Waals surface area contributed by atoms with Crippen LogP contribution in [-0.4, -0.2) is 12.0 Å². The summed E-state index contributed by atoms with van der Waals surface area (Å²) in [6.45, 7) is 1.82. The molecule has 0 radical (unpaired) electrons. The van der Waals surface area contributed by atoms with Gasteiger partial charge >= 0.3 is 5.97 Å². The van der Waals surface area contributed by atoms with E-state index in [4.69, 9.17) is 4.84 Å². The smallest absolute Gasteiger partial charge is 0.349 e. The normalized spacial score (nSPS) is 20.7. The van der Waals surface area contributed by atoms with E-state index in [0.29, 0.717) is 6.04 Å². The molecule has 1 saturated carbocycles. The van der Waals surface area contributed by atoms with E-state index in [9.17, 15) is 4.79 Å². The molecule has 0 bridgehead atoms. The van der Waals surface area contributed by atoms with E-state index in [2.05, 4.69) is 5.48 Å². The lowest BCUT2D eigenvalue weighted by Crippen LogP contribution is -2.31. The first-order chi connectivity index (χ1) is 9.33. The molecule has 0 aliphatic heterocycles. The van der Waals surface area contributed by atoms with Gasteiger partial charge < -0.3 is 4.84 Å². The largest absolute Gasteiger partial charge is 0.367 e. The molecule has 3 heteroatoms. The van der Waals surface area contributed by atoms with Crippen molar-refractivity contribution in [3.8, 4) is 0 Å². The molecule has 0 amide bonds. The molecule has 19 heavy (non-hydrogen) atoms. The van der Waals surface area contributed by atoms with Gasteiger partial charge in [0.05, 0.1) is 0 Å². The van der Waals surface area contributed by atoms with Crippen molar-refractivity contribution in [1.82, 2.24) is 5.48 Å². The van der Waals surface area contributed by atoms with Crippen LogP contribution in [0.4, 0.5) is 0 Å². The third kappa shape index (κ3) is 8.82. The minimum absolute atomic E-state index is 0.298. The van der Waals surface area contributed by atoms with Crippen molar-refractivity contribution >= 4 is 5.97 Å². The zero-order valence-corrected chi connectivity index (χ0v) is 12.3. The highest BCUT2D eigenvalue weighted by molar-refractivity contribution is 5.81. The molecule has 0 aromatic rings. The van der Waals surface area contributed by atoms with Gasteiger partial charge in [0.25, 0.3) is 0 Å². The molecular formula is C16H29NO2. The predicted octanol–water partition coefficient (Wildman–Crippen LogP) is 4.28. The van der Waals surface area contributed by atoms with Crippen LogP contribution in [0.25, 0.3) is 0 Å². The second-order valence-corrected chi connectivity index (χ2v) is 5.50. The SMILES string of the molecule is CC=CC(=O)ONC1CCCCCCCCCCC1. The van der Waals surface area contributed by atoms with Gasteiger partial charge in [-0.3, -0.25) is 0 Å². The van der Waals surface area contributed by atoms with Crippen LogP contribution in [0.2, 0.25) is 0 Å². The molecule has 1 rings (SSSR count). The number of hydrogen-bond donors (Lipinski definition) is 1. The summed E-state index contributed by atoms with van der Waals surface area (Å²) < 4.78 is 0. The minimum Gasteiger partial charge on any atom is -0.367 e. The second kappa shape index (κ2) is 11.0. The van der Waals surface area contributed by atoms with E-state index in [1.807, 2.05) is 6.92 Å². The fourth-order valence-corrected chi connectivity index (χ4v) is 2.59. The van der Waals surface area contributed by atoms with Crippen molar-refractivity contribution in [2.24, 2.45) is 0 Å². The molecule has 1 fully saturated rings.